The molecule has 1 aromatic heterocycles. The molecule has 1 aliphatic carbocycles. The number of carbonyl (C=O) groups is 1. The molecular weight excluding hydrogens is 216 g/mol. The summed E-state index contributed by atoms with van der Waals surface area (Å²) in [7, 11) is 0. The predicted octanol–water partition coefficient (Wildman–Crippen LogP) is 2.65. The zero-order chi connectivity index (χ0) is 12.6. The van der Waals surface area contributed by atoms with Crippen LogP contribution in [0, 0.1) is 0 Å². The molecule has 1 aliphatic rings. The van der Waals surface area contributed by atoms with Crippen molar-refractivity contribution in [2.24, 2.45) is 0 Å². The van der Waals surface area contributed by atoms with Crippen molar-refractivity contribution >= 4 is 11.8 Å². The third-order valence-corrected chi connectivity index (χ3v) is 2.81. The number of aromatic carboxylic acids is 1. The van der Waals surface area contributed by atoms with Gasteiger partial charge in [-0.25, -0.2) is 9.78 Å². The molecule has 0 aliphatic heterocycles. The fraction of sp³-hybridized carbons (Fsp3) is 0.538. The zero-order valence-corrected chi connectivity index (χ0v) is 10.4. The Morgan fingerprint density at radius 1 is 1.41 bits per heavy atom. The summed E-state index contributed by atoms with van der Waals surface area (Å²) in [6.45, 7) is 6.20. The van der Waals surface area contributed by atoms with Gasteiger partial charge in [0.25, 0.3) is 0 Å². The summed E-state index contributed by atoms with van der Waals surface area (Å²) >= 11 is 0. The van der Waals surface area contributed by atoms with Gasteiger partial charge in [0.2, 0.25) is 0 Å². The molecule has 0 atom stereocenters. The molecule has 0 amide bonds. The first-order chi connectivity index (χ1) is 7.88. The molecule has 17 heavy (non-hydrogen) atoms. The molecule has 1 aromatic rings. The summed E-state index contributed by atoms with van der Waals surface area (Å²) in [5.41, 5.74) is 1.09. The highest BCUT2D eigenvalue weighted by molar-refractivity contribution is 5.93. The molecular formula is C13H18N2O2. The number of carboxylic acids is 1. The fourth-order valence-electron chi connectivity index (χ4n) is 1.58. The lowest BCUT2D eigenvalue weighted by molar-refractivity contribution is 0.0697. The van der Waals surface area contributed by atoms with Gasteiger partial charge >= 0.3 is 5.97 Å². The molecule has 92 valence electrons. The topological polar surface area (TPSA) is 62.2 Å². The number of nitrogens with zero attached hydrogens (tertiary/aromatic N) is 1. The Morgan fingerprint density at radius 2 is 2.06 bits per heavy atom. The van der Waals surface area contributed by atoms with Gasteiger partial charge in [0, 0.05) is 17.2 Å². The number of carboxylic acid groups (broad SMARTS) is 1. The van der Waals surface area contributed by atoms with E-state index >= 15 is 0 Å². The highest BCUT2D eigenvalue weighted by atomic mass is 16.4. The molecule has 0 radical (unpaired) electrons. The average Bonchev–Trinajstić information content (AvgIpc) is 2.99. The molecule has 0 aromatic carbocycles. The van der Waals surface area contributed by atoms with Crippen molar-refractivity contribution in [3.05, 3.63) is 23.4 Å². The van der Waals surface area contributed by atoms with Crippen molar-refractivity contribution in [3.63, 3.8) is 0 Å². The van der Waals surface area contributed by atoms with Gasteiger partial charge in [-0.15, -0.1) is 0 Å². The van der Waals surface area contributed by atoms with Crippen LogP contribution in [0.1, 0.15) is 49.7 Å². The predicted molar refractivity (Wildman–Crippen MR) is 66.5 cm³/mol. The highest BCUT2D eigenvalue weighted by Gasteiger charge is 2.25. The minimum atomic E-state index is -0.930. The van der Waals surface area contributed by atoms with Crippen molar-refractivity contribution in [1.29, 1.82) is 0 Å². The van der Waals surface area contributed by atoms with Gasteiger partial charge in [-0.2, -0.15) is 0 Å². The van der Waals surface area contributed by atoms with Crippen molar-refractivity contribution in [1.82, 2.24) is 4.98 Å². The summed E-state index contributed by atoms with van der Waals surface area (Å²) in [6, 6.07) is 3.83. The molecule has 4 heteroatoms. The molecule has 1 fully saturated rings. The first-order valence-electron chi connectivity index (χ1n) is 5.89. The minimum absolute atomic E-state index is 0.0724. The molecule has 0 spiro atoms. The van der Waals surface area contributed by atoms with Gasteiger partial charge in [-0.3, -0.25) is 0 Å². The normalized spacial score (nSPS) is 15.7. The Bertz CT molecular complexity index is 445. The maximum Gasteiger partial charge on any atom is 0.339 e. The molecule has 2 N–H and O–H groups in total. The average molecular weight is 234 g/mol. The van der Waals surface area contributed by atoms with E-state index in [0.717, 1.165) is 18.5 Å². The van der Waals surface area contributed by atoms with Crippen LogP contribution in [0.3, 0.4) is 0 Å². The molecule has 1 heterocycles. The quantitative estimate of drug-likeness (QED) is 0.844. The molecule has 0 saturated heterocycles. The summed E-state index contributed by atoms with van der Waals surface area (Å²) in [5, 5.41) is 12.3. The van der Waals surface area contributed by atoms with E-state index in [1.807, 2.05) is 0 Å². The molecule has 0 bridgehead atoms. The lowest BCUT2D eigenvalue weighted by Crippen LogP contribution is -2.17. The Hall–Kier alpha value is -1.58. The van der Waals surface area contributed by atoms with Gasteiger partial charge < -0.3 is 10.4 Å². The number of anilines is 1. The monoisotopic (exact) mass is 234 g/mol. The molecule has 2 rings (SSSR count). The number of nitrogens with one attached hydrogen (secondary N) is 1. The van der Waals surface area contributed by atoms with E-state index in [0.29, 0.717) is 11.9 Å². The lowest BCUT2D eigenvalue weighted by Gasteiger charge is -2.19. The Labute approximate surface area is 101 Å². The van der Waals surface area contributed by atoms with Crippen LogP contribution in [0.5, 0.6) is 0 Å². The van der Waals surface area contributed by atoms with Crippen LogP contribution in [0.25, 0.3) is 0 Å². The van der Waals surface area contributed by atoms with Gasteiger partial charge in [0.1, 0.15) is 11.4 Å². The third-order valence-electron chi connectivity index (χ3n) is 2.81. The van der Waals surface area contributed by atoms with E-state index in [9.17, 15) is 4.79 Å². The SMILES string of the molecule is CC(C)(C)c1ccc(C(=O)O)c(NC2CC2)n1. The van der Waals surface area contributed by atoms with E-state index < -0.39 is 5.97 Å². The first-order valence-corrected chi connectivity index (χ1v) is 5.89. The largest absolute Gasteiger partial charge is 0.478 e. The van der Waals surface area contributed by atoms with Crippen LogP contribution in [-0.2, 0) is 5.41 Å². The standard InChI is InChI=1S/C13H18N2O2/c1-13(2,3)10-7-6-9(12(16)17)11(15-10)14-8-4-5-8/h6-8H,4-5H2,1-3H3,(H,14,15)(H,16,17). The van der Waals surface area contributed by atoms with Gasteiger partial charge in [0.05, 0.1) is 0 Å². The maximum atomic E-state index is 11.1. The summed E-state index contributed by atoms with van der Waals surface area (Å²) in [5.74, 6) is -0.423. The first kappa shape index (κ1) is 11.9. The Morgan fingerprint density at radius 3 is 2.53 bits per heavy atom. The molecule has 0 unspecified atom stereocenters. The number of hydrogen-bond acceptors (Lipinski definition) is 3. The lowest BCUT2D eigenvalue weighted by atomic mass is 9.91. The van der Waals surface area contributed by atoms with Crippen LogP contribution in [0.2, 0.25) is 0 Å². The second-order valence-electron chi connectivity index (χ2n) is 5.57. The third kappa shape index (κ3) is 2.75. The van der Waals surface area contributed by atoms with Crippen LogP contribution in [0.15, 0.2) is 12.1 Å². The van der Waals surface area contributed by atoms with Crippen LogP contribution in [-0.4, -0.2) is 22.1 Å². The van der Waals surface area contributed by atoms with E-state index in [2.05, 4.69) is 31.1 Å². The van der Waals surface area contributed by atoms with E-state index in [1.165, 1.54) is 0 Å². The van der Waals surface area contributed by atoms with Crippen LogP contribution < -0.4 is 5.32 Å². The summed E-state index contributed by atoms with van der Waals surface area (Å²) in [4.78, 5) is 15.6. The number of rotatable bonds is 3. The zero-order valence-electron chi connectivity index (χ0n) is 10.4. The van der Waals surface area contributed by atoms with Gasteiger partial charge in [0.15, 0.2) is 0 Å². The highest BCUT2D eigenvalue weighted by Crippen LogP contribution is 2.28. The van der Waals surface area contributed by atoms with Gasteiger partial charge in [-0.1, -0.05) is 20.8 Å². The fourth-order valence-corrected chi connectivity index (χ4v) is 1.58. The molecule has 1 saturated carbocycles. The summed E-state index contributed by atoms with van der Waals surface area (Å²) in [6.07, 6.45) is 2.20. The van der Waals surface area contributed by atoms with E-state index in [-0.39, 0.29) is 11.0 Å². The molecule has 4 nitrogen and oxygen atoms in total. The van der Waals surface area contributed by atoms with Crippen molar-refractivity contribution in [3.8, 4) is 0 Å². The Balaban J connectivity index is 2.38. The van der Waals surface area contributed by atoms with Crippen LogP contribution >= 0.6 is 0 Å². The second-order valence-corrected chi connectivity index (χ2v) is 5.57. The van der Waals surface area contributed by atoms with Crippen molar-refractivity contribution in [2.75, 3.05) is 5.32 Å². The van der Waals surface area contributed by atoms with Crippen molar-refractivity contribution in [2.45, 2.75) is 45.1 Å². The maximum absolute atomic E-state index is 11.1. The number of aromatic nitrogens is 1. The number of hydrogen-bond donors (Lipinski definition) is 2. The van der Waals surface area contributed by atoms with Gasteiger partial charge in [-0.05, 0) is 25.0 Å². The van der Waals surface area contributed by atoms with Crippen molar-refractivity contribution < 1.29 is 9.90 Å². The smallest absolute Gasteiger partial charge is 0.339 e. The second kappa shape index (κ2) is 4.02. The van der Waals surface area contributed by atoms with E-state index in [1.54, 1.807) is 12.1 Å². The van der Waals surface area contributed by atoms with Crippen LogP contribution in [0.4, 0.5) is 5.82 Å². The minimum Gasteiger partial charge on any atom is -0.478 e. The summed E-state index contributed by atoms with van der Waals surface area (Å²) < 4.78 is 0. The van der Waals surface area contributed by atoms with E-state index in [4.69, 9.17) is 5.11 Å². The Kier molecular flexibility index (Phi) is 2.81. The number of pyridine rings is 1.